The molecule has 1 saturated heterocycles. The van der Waals surface area contributed by atoms with Crippen LogP contribution < -0.4 is 0 Å². The summed E-state index contributed by atoms with van der Waals surface area (Å²) in [7, 11) is 1.81. The van der Waals surface area contributed by atoms with Gasteiger partial charge >= 0.3 is 0 Å². The fraction of sp³-hybridized carbons (Fsp3) is 0.500. The van der Waals surface area contributed by atoms with Gasteiger partial charge in [-0.05, 0) is 26.7 Å². The highest BCUT2D eigenvalue weighted by molar-refractivity contribution is 6.30. The van der Waals surface area contributed by atoms with Crippen LogP contribution in [0.4, 0.5) is 0 Å². The molecule has 0 spiro atoms. The first-order valence-corrected chi connectivity index (χ1v) is 7.30. The molecule has 0 N–H and O–H groups in total. The molecule has 3 rings (SSSR count). The first-order chi connectivity index (χ1) is 9.99. The molecule has 0 aliphatic carbocycles. The molecule has 2 aromatic rings. The second-order valence-electron chi connectivity index (χ2n) is 5.40. The van der Waals surface area contributed by atoms with Crippen LogP contribution in [0.3, 0.4) is 0 Å². The van der Waals surface area contributed by atoms with Gasteiger partial charge in [-0.1, -0.05) is 16.8 Å². The smallest absolute Gasteiger partial charge is 0.292 e. The molecule has 0 aromatic carbocycles. The maximum absolute atomic E-state index is 12.6. The second kappa shape index (κ2) is 5.18. The summed E-state index contributed by atoms with van der Waals surface area (Å²) in [5.41, 5.74) is 2.49. The first kappa shape index (κ1) is 14.1. The Balaban J connectivity index is 1.94. The van der Waals surface area contributed by atoms with E-state index < -0.39 is 0 Å². The van der Waals surface area contributed by atoms with E-state index in [0.717, 1.165) is 24.1 Å². The summed E-state index contributed by atoms with van der Waals surface area (Å²) in [6, 6.07) is 1.61. The average Bonchev–Trinajstić information content (AvgIpc) is 3.11. The molecule has 2 aromatic heterocycles. The first-order valence-electron chi connectivity index (χ1n) is 6.92. The molecule has 112 valence electrons. The predicted octanol–water partition coefficient (Wildman–Crippen LogP) is 2.66. The zero-order chi connectivity index (χ0) is 15.1. The Morgan fingerprint density at radius 1 is 1.48 bits per heavy atom. The Kier molecular flexibility index (Phi) is 3.49. The number of hydrogen-bond acceptors (Lipinski definition) is 4. The number of nitrogens with zero attached hydrogens (tertiary/aromatic N) is 4. The number of halogens is 1. The molecule has 3 heterocycles. The highest BCUT2D eigenvalue weighted by Crippen LogP contribution is 2.38. The molecule has 0 unspecified atom stereocenters. The van der Waals surface area contributed by atoms with Crippen molar-refractivity contribution < 1.29 is 9.32 Å². The van der Waals surface area contributed by atoms with E-state index in [1.54, 1.807) is 29.6 Å². The molecule has 1 aliphatic rings. The van der Waals surface area contributed by atoms with Crippen molar-refractivity contribution in [3.8, 4) is 0 Å². The largest absolute Gasteiger partial charge is 0.351 e. The monoisotopic (exact) mass is 308 g/mol. The number of amides is 1. The number of hydrogen-bond donors (Lipinski definition) is 0. The van der Waals surface area contributed by atoms with E-state index in [-0.39, 0.29) is 17.7 Å². The molecule has 1 fully saturated rings. The maximum atomic E-state index is 12.6. The van der Waals surface area contributed by atoms with Crippen molar-refractivity contribution in [3.05, 3.63) is 33.9 Å². The lowest BCUT2D eigenvalue weighted by molar-refractivity contribution is 0.0693. The lowest BCUT2D eigenvalue weighted by Gasteiger charge is -2.23. The zero-order valence-electron chi connectivity index (χ0n) is 12.3. The van der Waals surface area contributed by atoms with E-state index in [9.17, 15) is 4.79 Å². The van der Waals surface area contributed by atoms with Crippen LogP contribution >= 0.6 is 11.6 Å². The SMILES string of the molecule is Cc1cc(C(=O)N2CCC[C@@H]2c2c(C)nn(C)c2Cl)on1. The third kappa shape index (κ3) is 2.33. The third-order valence-corrected chi connectivity index (χ3v) is 4.33. The van der Waals surface area contributed by atoms with Crippen molar-refractivity contribution in [2.45, 2.75) is 32.7 Å². The van der Waals surface area contributed by atoms with Crippen molar-refractivity contribution in [1.29, 1.82) is 0 Å². The number of aryl methyl sites for hydroxylation is 3. The predicted molar refractivity (Wildman–Crippen MR) is 77.2 cm³/mol. The summed E-state index contributed by atoms with van der Waals surface area (Å²) < 4.78 is 6.74. The van der Waals surface area contributed by atoms with Crippen molar-refractivity contribution >= 4 is 17.5 Å². The molecule has 1 atom stereocenters. The van der Waals surface area contributed by atoms with E-state index in [1.165, 1.54) is 0 Å². The van der Waals surface area contributed by atoms with E-state index in [2.05, 4.69) is 10.3 Å². The summed E-state index contributed by atoms with van der Waals surface area (Å²) >= 11 is 6.34. The van der Waals surface area contributed by atoms with Gasteiger partial charge in [0.1, 0.15) is 5.15 Å². The molecule has 1 amide bonds. The highest BCUT2D eigenvalue weighted by atomic mass is 35.5. The Hall–Kier alpha value is -1.82. The van der Waals surface area contributed by atoms with Crippen LogP contribution in [-0.2, 0) is 7.05 Å². The maximum Gasteiger partial charge on any atom is 0.292 e. The van der Waals surface area contributed by atoms with Crippen LogP contribution in [0.5, 0.6) is 0 Å². The summed E-state index contributed by atoms with van der Waals surface area (Å²) in [5, 5.41) is 8.71. The summed E-state index contributed by atoms with van der Waals surface area (Å²) in [4.78, 5) is 14.4. The van der Waals surface area contributed by atoms with Crippen LogP contribution in [0.25, 0.3) is 0 Å². The van der Waals surface area contributed by atoms with Crippen molar-refractivity contribution in [2.75, 3.05) is 6.54 Å². The van der Waals surface area contributed by atoms with Gasteiger partial charge in [0.2, 0.25) is 5.76 Å². The Morgan fingerprint density at radius 2 is 2.24 bits per heavy atom. The Labute approximate surface area is 127 Å². The molecule has 0 saturated carbocycles. The highest BCUT2D eigenvalue weighted by Gasteiger charge is 2.35. The van der Waals surface area contributed by atoms with Crippen LogP contribution in [0.2, 0.25) is 5.15 Å². The topological polar surface area (TPSA) is 64.2 Å². The van der Waals surface area contributed by atoms with E-state index >= 15 is 0 Å². The minimum absolute atomic E-state index is 0.0518. The number of rotatable bonds is 2. The van der Waals surface area contributed by atoms with Gasteiger partial charge in [-0.25, -0.2) is 0 Å². The number of aromatic nitrogens is 3. The van der Waals surface area contributed by atoms with Crippen LogP contribution in [-0.4, -0.2) is 32.3 Å². The molecular weight excluding hydrogens is 292 g/mol. The molecule has 0 radical (unpaired) electrons. The Bertz CT molecular complexity index is 691. The molecule has 1 aliphatic heterocycles. The van der Waals surface area contributed by atoms with Crippen molar-refractivity contribution in [2.24, 2.45) is 7.05 Å². The van der Waals surface area contributed by atoms with Gasteiger partial charge in [-0.3, -0.25) is 9.48 Å². The lowest BCUT2D eigenvalue weighted by Crippen LogP contribution is -2.30. The van der Waals surface area contributed by atoms with E-state index in [4.69, 9.17) is 16.1 Å². The molecule has 21 heavy (non-hydrogen) atoms. The van der Waals surface area contributed by atoms with Gasteiger partial charge in [0, 0.05) is 25.2 Å². The molecule has 7 heteroatoms. The zero-order valence-corrected chi connectivity index (χ0v) is 13.0. The minimum atomic E-state index is -0.141. The number of likely N-dealkylation sites (tertiary alicyclic amines) is 1. The van der Waals surface area contributed by atoms with Gasteiger partial charge in [0.15, 0.2) is 0 Å². The standard InChI is InChI=1S/C14H17ClN4O2/c1-8-7-11(21-17-8)14(20)19-6-4-5-10(19)12-9(2)16-18(3)13(12)15/h7,10H,4-6H2,1-3H3/t10-/m1/s1. The third-order valence-electron chi connectivity index (χ3n) is 3.88. The van der Waals surface area contributed by atoms with E-state index in [1.807, 2.05) is 6.92 Å². The summed E-state index contributed by atoms with van der Waals surface area (Å²) in [6.45, 7) is 4.40. The number of carbonyl (C=O) groups excluding carboxylic acids is 1. The number of carbonyl (C=O) groups is 1. The quantitative estimate of drug-likeness (QED) is 0.855. The lowest BCUT2D eigenvalue weighted by atomic mass is 10.1. The van der Waals surface area contributed by atoms with Crippen LogP contribution in [0.1, 0.15) is 46.4 Å². The van der Waals surface area contributed by atoms with Crippen molar-refractivity contribution in [1.82, 2.24) is 19.8 Å². The van der Waals surface area contributed by atoms with Crippen LogP contribution in [0.15, 0.2) is 10.6 Å². The molecular formula is C14H17ClN4O2. The fourth-order valence-electron chi connectivity index (χ4n) is 2.94. The summed E-state index contributed by atoms with van der Waals surface area (Å²) in [6.07, 6.45) is 1.82. The van der Waals surface area contributed by atoms with Gasteiger partial charge in [0.25, 0.3) is 5.91 Å². The van der Waals surface area contributed by atoms with Gasteiger partial charge in [0.05, 0.1) is 17.4 Å². The summed E-state index contributed by atoms with van der Waals surface area (Å²) in [5.74, 6) is 0.134. The van der Waals surface area contributed by atoms with Gasteiger partial charge < -0.3 is 9.42 Å². The fourth-order valence-corrected chi connectivity index (χ4v) is 3.24. The van der Waals surface area contributed by atoms with E-state index in [0.29, 0.717) is 17.4 Å². The Morgan fingerprint density at radius 3 is 2.81 bits per heavy atom. The van der Waals surface area contributed by atoms with Crippen molar-refractivity contribution in [3.63, 3.8) is 0 Å². The second-order valence-corrected chi connectivity index (χ2v) is 5.76. The van der Waals surface area contributed by atoms with Gasteiger partial charge in [-0.2, -0.15) is 5.10 Å². The molecule has 6 nitrogen and oxygen atoms in total. The molecule has 0 bridgehead atoms. The average molecular weight is 309 g/mol. The van der Waals surface area contributed by atoms with Gasteiger partial charge in [-0.15, -0.1) is 0 Å². The normalized spacial score (nSPS) is 18.5. The van der Waals surface area contributed by atoms with Crippen LogP contribution in [0, 0.1) is 13.8 Å². The minimum Gasteiger partial charge on any atom is -0.351 e.